The van der Waals surface area contributed by atoms with E-state index in [1.165, 1.54) is 17.5 Å². The highest BCUT2D eigenvalue weighted by atomic mass is 32.2. The molecule has 184 valence electrons. The van der Waals surface area contributed by atoms with Crippen LogP contribution in [-0.4, -0.2) is 62.4 Å². The van der Waals surface area contributed by atoms with Gasteiger partial charge in [-0.05, 0) is 56.4 Å². The lowest BCUT2D eigenvalue weighted by Crippen LogP contribution is -2.42. The summed E-state index contributed by atoms with van der Waals surface area (Å²) >= 11 is 0. The number of carbonyl (C=O) groups excluding carboxylic acids is 1. The molecule has 8 heteroatoms. The van der Waals surface area contributed by atoms with Crippen molar-refractivity contribution in [2.24, 2.45) is 0 Å². The highest BCUT2D eigenvalue weighted by Crippen LogP contribution is 2.32. The van der Waals surface area contributed by atoms with Crippen LogP contribution in [0.5, 0.6) is 5.75 Å². The zero-order valence-electron chi connectivity index (χ0n) is 20.0. The first-order valence-electron chi connectivity index (χ1n) is 12.0. The van der Waals surface area contributed by atoms with Crippen LogP contribution < -0.4 is 4.74 Å². The molecule has 0 aromatic heterocycles. The van der Waals surface area contributed by atoms with Gasteiger partial charge in [0.05, 0.1) is 19.8 Å². The van der Waals surface area contributed by atoms with Gasteiger partial charge in [0, 0.05) is 31.2 Å². The molecule has 0 radical (unpaired) electrons. The average molecular weight is 487 g/mol. The normalized spacial score (nSPS) is 20.3. The fraction of sp³-hybridized carbons (Fsp3) is 0.500. The minimum absolute atomic E-state index is 0.0654. The fourth-order valence-corrected chi connectivity index (χ4v) is 6.65. The monoisotopic (exact) mass is 486 g/mol. The van der Waals surface area contributed by atoms with E-state index in [4.69, 9.17) is 9.47 Å². The van der Waals surface area contributed by atoms with Crippen LogP contribution in [0.15, 0.2) is 53.4 Å². The smallest absolute Gasteiger partial charge is 0.253 e. The van der Waals surface area contributed by atoms with Gasteiger partial charge >= 0.3 is 0 Å². The van der Waals surface area contributed by atoms with Gasteiger partial charge in [-0.2, -0.15) is 4.31 Å². The Bertz CT molecular complexity index is 1080. The lowest BCUT2D eigenvalue weighted by molar-refractivity contribution is -0.000385. The number of hydrogen-bond acceptors (Lipinski definition) is 5. The highest BCUT2D eigenvalue weighted by molar-refractivity contribution is 7.89. The van der Waals surface area contributed by atoms with E-state index in [-0.39, 0.29) is 28.7 Å². The van der Waals surface area contributed by atoms with Gasteiger partial charge in [0.25, 0.3) is 5.91 Å². The number of benzene rings is 2. The van der Waals surface area contributed by atoms with Crippen LogP contribution in [0.25, 0.3) is 0 Å². The van der Waals surface area contributed by atoms with Crippen LogP contribution >= 0.6 is 0 Å². The van der Waals surface area contributed by atoms with Crippen LogP contribution in [-0.2, 0) is 21.4 Å². The summed E-state index contributed by atoms with van der Waals surface area (Å²) in [4.78, 5) is 15.1. The Morgan fingerprint density at radius 2 is 1.74 bits per heavy atom. The fourth-order valence-electron chi connectivity index (χ4n) is 4.76. The van der Waals surface area contributed by atoms with E-state index in [9.17, 15) is 13.2 Å². The second-order valence-electron chi connectivity index (χ2n) is 9.11. The first kappa shape index (κ1) is 24.7. The number of carbonyl (C=O) groups is 1. The Kier molecular flexibility index (Phi) is 7.91. The molecule has 34 heavy (non-hydrogen) atoms. The van der Waals surface area contributed by atoms with Crippen molar-refractivity contribution in [3.8, 4) is 5.75 Å². The molecule has 2 aromatic carbocycles. The minimum Gasteiger partial charge on any atom is -0.495 e. The van der Waals surface area contributed by atoms with E-state index >= 15 is 0 Å². The van der Waals surface area contributed by atoms with Crippen molar-refractivity contribution >= 4 is 15.9 Å². The summed E-state index contributed by atoms with van der Waals surface area (Å²) < 4.78 is 39.9. The van der Waals surface area contributed by atoms with E-state index in [1.54, 1.807) is 17.0 Å². The third-order valence-electron chi connectivity index (χ3n) is 6.80. The van der Waals surface area contributed by atoms with Crippen LogP contribution in [0.4, 0.5) is 0 Å². The average Bonchev–Trinajstić information content (AvgIpc) is 2.87. The summed E-state index contributed by atoms with van der Waals surface area (Å²) in [5.41, 5.74) is 1.50. The van der Waals surface area contributed by atoms with E-state index < -0.39 is 10.0 Å². The molecule has 0 saturated carbocycles. The van der Waals surface area contributed by atoms with Crippen molar-refractivity contribution in [3.05, 3.63) is 59.7 Å². The number of methoxy groups -OCH3 is 1. The molecule has 7 nitrogen and oxygen atoms in total. The predicted molar refractivity (Wildman–Crippen MR) is 130 cm³/mol. The Morgan fingerprint density at radius 1 is 1.00 bits per heavy atom. The number of amides is 1. The third-order valence-corrected chi connectivity index (χ3v) is 8.83. The molecular weight excluding hydrogens is 452 g/mol. The summed E-state index contributed by atoms with van der Waals surface area (Å²) in [6.07, 6.45) is 4.31. The Labute approximate surface area is 202 Å². The predicted octanol–water partition coefficient (Wildman–Crippen LogP) is 4.08. The van der Waals surface area contributed by atoms with Crippen molar-refractivity contribution in [1.29, 1.82) is 0 Å². The molecule has 1 atom stereocenters. The Hall–Kier alpha value is -2.42. The number of hydrogen-bond donors (Lipinski definition) is 0. The van der Waals surface area contributed by atoms with Crippen LogP contribution in [0.2, 0.25) is 0 Å². The van der Waals surface area contributed by atoms with E-state index in [0.29, 0.717) is 31.8 Å². The largest absolute Gasteiger partial charge is 0.495 e. The van der Waals surface area contributed by atoms with E-state index in [1.807, 2.05) is 37.3 Å². The topological polar surface area (TPSA) is 76.1 Å². The zero-order chi connectivity index (χ0) is 24.1. The molecule has 2 aromatic rings. The molecule has 0 spiro atoms. The highest BCUT2D eigenvalue weighted by Gasteiger charge is 2.34. The summed E-state index contributed by atoms with van der Waals surface area (Å²) in [6, 6.07) is 14.7. The molecule has 4 rings (SSSR count). The van der Waals surface area contributed by atoms with Gasteiger partial charge in [-0.3, -0.25) is 4.79 Å². The van der Waals surface area contributed by atoms with Crippen molar-refractivity contribution in [3.63, 3.8) is 0 Å². The van der Waals surface area contributed by atoms with Crippen molar-refractivity contribution < 1.29 is 22.7 Å². The van der Waals surface area contributed by atoms with Gasteiger partial charge in [0.1, 0.15) is 10.6 Å². The van der Waals surface area contributed by atoms with Gasteiger partial charge in [0.2, 0.25) is 10.0 Å². The standard InChI is InChI=1S/C26H34N2O5S/c1-20-8-6-7-15-28(20)34(30,31)25-18-22(11-12-24(25)32-2)26(29)27-16-13-23(14-17-27)33-19-21-9-4-3-5-10-21/h3-5,9-12,18,20,23H,6-8,13-17,19H2,1-2H3. The second kappa shape index (κ2) is 10.9. The maximum Gasteiger partial charge on any atom is 0.253 e. The zero-order valence-corrected chi connectivity index (χ0v) is 20.8. The third kappa shape index (κ3) is 5.45. The maximum absolute atomic E-state index is 13.5. The molecule has 2 aliphatic heterocycles. The number of nitrogens with zero attached hydrogens (tertiary/aromatic N) is 2. The number of sulfonamides is 1. The summed E-state index contributed by atoms with van der Waals surface area (Å²) in [7, 11) is -2.31. The van der Waals surface area contributed by atoms with Gasteiger partial charge in [-0.1, -0.05) is 36.8 Å². The lowest BCUT2D eigenvalue weighted by Gasteiger charge is -2.33. The Balaban J connectivity index is 1.44. The lowest BCUT2D eigenvalue weighted by atomic mass is 10.1. The second-order valence-corrected chi connectivity index (χ2v) is 11.0. The van der Waals surface area contributed by atoms with Gasteiger partial charge in [-0.15, -0.1) is 0 Å². The van der Waals surface area contributed by atoms with Crippen molar-refractivity contribution in [2.75, 3.05) is 26.7 Å². The van der Waals surface area contributed by atoms with Crippen LogP contribution in [0.3, 0.4) is 0 Å². The number of rotatable bonds is 7. The molecule has 2 saturated heterocycles. The van der Waals surface area contributed by atoms with Crippen LogP contribution in [0.1, 0.15) is 54.9 Å². The van der Waals surface area contributed by atoms with Gasteiger partial charge in [-0.25, -0.2) is 8.42 Å². The molecule has 0 aliphatic carbocycles. The molecule has 2 fully saturated rings. The molecule has 2 heterocycles. The first-order valence-corrected chi connectivity index (χ1v) is 13.5. The number of likely N-dealkylation sites (tertiary alicyclic amines) is 1. The molecule has 1 unspecified atom stereocenters. The van der Waals surface area contributed by atoms with Gasteiger partial charge in [0.15, 0.2) is 0 Å². The maximum atomic E-state index is 13.5. The number of piperidine rings is 2. The molecule has 0 bridgehead atoms. The molecule has 1 amide bonds. The minimum atomic E-state index is -3.77. The van der Waals surface area contributed by atoms with Gasteiger partial charge < -0.3 is 14.4 Å². The summed E-state index contributed by atoms with van der Waals surface area (Å²) in [5.74, 6) is 0.106. The number of ether oxygens (including phenoxy) is 2. The molecule has 2 aliphatic rings. The van der Waals surface area contributed by atoms with E-state index in [0.717, 1.165) is 37.7 Å². The summed E-state index contributed by atoms with van der Waals surface area (Å²) in [6.45, 7) is 4.14. The quantitative estimate of drug-likeness (QED) is 0.590. The van der Waals surface area contributed by atoms with E-state index in [2.05, 4.69) is 0 Å². The Morgan fingerprint density at radius 3 is 2.41 bits per heavy atom. The van der Waals surface area contributed by atoms with Crippen molar-refractivity contribution in [2.45, 2.75) is 62.7 Å². The molecule has 0 N–H and O–H groups in total. The molecular formula is C26H34N2O5S. The first-order chi connectivity index (χ1) is 16.4. The van der Waals surface area contributed by atoms with Crippen molar-refractivity contribution in [1.82, 2.24) is 9.21 Å². The SMILES string of the molecule is COc1ccc(C(=O)N2CCC(OCc3ccccc3)CC2)cc1S(=O)(=O)N1CCCCC1C. The van der Waals surface area contributed by atoms with Crippen LogP contribution in [0, 0.1) is 0 Å². The summed E-state index contributed by atoms with van der Waals surface area (Å²) in [5, 5.41) is 0.